The predicted molar refractivity (Wildman–Crippen MR) is 63.2 cm³/mol. The Morgan fingerprint density at radius 2 is 2.20 bits per heavy atom. The molecule has 0 aliphatic heterocycles. The van der Waals surface area contributed by atoms with Gasteiger partial charge in [0.25, 0.3) is 0 Å². The van der Waals surface area contributed by atoms with Crippen LogP contribution in [-0.4, -0.2) is 18.5 Å². The summed E-state index contributed by atoms with van der Waals surface area (Å²) in [6.45, 7) is 2.73. The molecule has 0 aliphatic carbocycles. The van der Waals surface area contributed by atoms with Crippen LogP contribution in [0.5, 0.6) is 0 Å². The summed E-state index contributed by atoms with van der Waals surface area (Å²) in [6.07, 6.45) is 10.2. The number of unbranched alkanes of at least 4 members (excludes halogenated alkanes) is 2. The molecule has 0 rings (SSSR count). The van der Waals surface area contributed by atoms with Gasteiger partial charge in [-0.25, -0.2) is 0 Å². The standard InChI is InChI=1S/C12H22N2O/c1-3-8-11(4-2)14-12(15)9-6-5-7-10-13/h1,11H,4-10,13H2,2H3,(H,14,15). The van der Waals surface area contributed by atoms with Gasteiger partial charge < -0.3 is 11.1 Å². The molecule has 0 heterocycles. The maximum Gasteiger partial charge on any atom is 0.220 e. The Labute approximate surface area is 92.8 Å². The van der Waals surface area contributed by atoms with Crippen molar-refractivity contribution in [2.75, 3.05) is 6.54 Å². The Hall–Kier alpha value is -1.01. The molecule has 0 spiro atoms. The van der Waals surface area contributed by atoms with E-state index in [-0.39, 0.29) is 11.9 Å². The molecule has 0 fully saturated rings. The quantitative estimate of drug-likeness (QED) is 0.470. The fourth-order valence-corrected chi connectivity index (χ4v) is 1.35. The number of carbonyl (C=O) groups is 1. The van der Waals surface area contributed by atoms with E-state index in [0.717, 1.165) is 25.7 Å². The van der Waals surface area contributed by atoms with Crippen molar-refractivity contribution in [1.82, 2.24) is 5.32 Å². The van der Waals surface area contributed by atoms with Crippen LogP contribution in [0.4, 0.5) is 0 Å². The minimum absolute atomic E-state index is 0.106. The topological polar surface area (TPSA) is 55.1 Å². The molecule has 0 radical (unpaired) electrons. The first kappa shape index (κ1) is 14.0. The molecule has 0 aromatic carbocycles. The highest BCUT2D eigenvalue weighted by Gasteiger charge is 2.08. The number of hydrogen-bond donors (Lipinski definition) is 2. The van der Waals surface area contributed by atoms with Crippen molar-refractivity contribution in [3.8, 4) is 12.3 Å². The second-order valence-electron chi connectivity index (χ2n) is 3.68. The van der Waals surface area contributed by atoms with Crippen molar-refractivity contribution in [3.63, 3.8) is 0 Å². The molecule has 3 heteroatoms. The highest BCUT2D eigenvalue weighted by atomic mass is 16.1. The van der Waals surface area contributed by atoms with Gasteiger partial charge in [0.1, 0.15) is 0 Å². The van der Waals surface area contributed by atoms with Gasteiger partial charge in [0.2, 0.25) is 5.91 Å². The van der Waals surface area contributed by atoms with E-state index in [4.69, 9.17) is 12.2 Å². The van der Waals surface area contributed by atoms with Crippen LogP contribution in [0.1, 0.15) is 45.4 Å². The number of nitrogens with two attached hydrogens (primary N) is 1. The molecule has 86 valence electrons. The van der Waals surface area contributed by atoms with Gasteiger partial charge in [0, 0.05) is 18.9 Å². The molecule has 1 amide bonds. The largest absolute Gasteiger partial charge is 0.352 e. The normalized spacial score (nSPS) is 11.8. The minimum atomic E-state index is 0.106. The van der Waals surface area contributed by atoms with E-state index in [9.17, 15) is 4.79 Å². The first-order chi connectivity index (χ1) is 7.24. The summed E-state index contributed by atoms with van der Waals surface area (Å²) < 4.78 is 0. The molecule has 0 bridgehead atoms. The van der Waals surface area contributed by atoms with Gasteiger partial charge in [0.15, 0.2) is 0 Å². The molecule has 1 unspecified atom stereocenters. The van der Waals surface area contributed by atoms with E-state index in [1.165, 1.54) is 0 Å². The summed E-state index contributed by atoms with van der Waals surface area (Å²) in [7, 11) is 0. The van der Waals surface area contributed by atoms with E-state index < -0.39 is 0 Å². The monoisotopic (exact) mass is 210 g/mol. The maximum absolute atomic E-state index is 11.4. The Balaban J connectivity index is 3.58. The van der Waals surface area contributed by atoms with Crippen LogP contribution >= 0.6 is 0 Å². The molecule has 0 aromatic heterocycles. The summed E-state index contributed by atoms with van der Waals surface area (Å²) in [4.78, 5) is 11.4. The second-order valence-corrected chi connectivity index (χ2v) is 3.68. The van der Waals surface area contributed by atoms with Gasteiger partial charge in [-0.1, -0.05) is 13.3 Å². The number of carbonyl (C=O) groups excluding carboxylic acids is 1. The fourth-order valence-electron chi connectivity index (χ4n) is 1.35. The van der Waals surface area contributed by atoms with Gasteiger partial charge in [-0.3, -0.25) is 4.79 Å². The minimum Gasteiger partial charge on any atom is -0.352 e. The summed E-state index contributed by atoms with van der Waals surface area (Å²) in [5.41, 5.74) is 5.36. The Kier molecular flexibility index (Phi) is 8.90. The Morgan fingerprint density at radius 3 is 2.73 bits per heavy atom. The van der Waals surface area contributed by atoms with Crippen LogP contribution in [0.25, 0.3) is 0 Å². The van der Waals surface area contributed by atoms with Gasteiger partial charge >= 0.3 is 0 Å². The van der Waals surface area contributed by atoms with E-state index in [1.807, 2.05) is 6.92 Å². The van der Waals surface area contributed by atoms with Crippen molar-refractivity contribution in [2.24, 2.45) is 5.73 Å². The van der Waals surface area contributed by atoms with Gasteiger partial charge in [-0.15, -0.1) is 12.3 Å². The van der Waals surface area contributed by atoms with Crippen molar-refractivity contribution >= 4 is 5.91 Å². The SMILES string of the molecule is C#CCC(CC)NC(=O)CCCCCN. The van der Waals surface area contributed by atoms with Crippen LogP contribution in [0.2, 0.25) is 0 Å². The van der Waals surface area contributed by atoms with E-state index in [1.54, 1.807) is 0 Å². The van der Waals surface area contributed by atoms with E-state index in [2.05, 4.69) is 11.2 Å². The number of hydrogen-bond acceptors (Lipinski definition) is 2. The molecular weight excluding hydrogens is 188 g/mol. The van der Waals surface area contributed by atoms with Crippen LogP contribution in [-0.2, 0) is 4.79 Å². The van der Waals surface area contributed by atoms with Crippen molar-refractivity contribution < 1.29 is 4.79 Å². The first-order valence-electron chi connectivity index (χ1n) is 5.67. The number of nitrogens with one attached hydrogen (secondary N) is 1. The van der Waals surface area contributed by atoms with Crippen LogP contribution < -0.4 is 11.1 Å². The van der Waals surface area contributed by atoms with Crippen molar-refractivity contribution in [1.29, 1.82) is 0 Å². The molecule has 0 saturated heterocycles. The second kappa shape index (κ2) is 9.54. The zero-order chi connectivity index (χ0) is 11.5. The van der Waals surface area contributed by atoms with Gasteiger partial charge in [-0.05, 0) is 25.8 Å². The summed E-state index contributed by atoms with van der Waals surface area (Å²) in [5.74, 6) is 2.67. The lowest BCUT2D eigenvalue weighted by Gasteiger charge is -2.13. The van der Waals surface area contributed by atoms with E-state index >= 15 is 0 Å². The van der Waals surface area contributed by atoms with Gasteiger partial charge in [-0.2, -0.15) is 0 Å². The summed E-state index contributed by atoms with van der Waals surface area (Å²) in [5, 5.41) is 2.93. The van der Waals surface area contributed by atoms with Crippen molar-refractivity contribution in [3.05, 3.63) is 0 Å². The lowest BCUT2D eigenvalue weighted by atomic mass is 10.1. The average Bonchev–Trinajstić information content (AvgIpc) is 2.24. The molecule has 3 nitrogen and oxygen atoms in total. The van der Waals surface area contributed by atoms with Crippen molar-refractivity contribution in [2.45, 2.75) is 51.5 Å². The Bertz CT molecular complexity index is 208. The maximum atomic E-state index is 11.4. The fraction of sp³-hybridized carbons (Fsp3) is 0.750. The third-order valence-corrected chi connectivity index (χ3v) is 2.33. The van der Waals surface area contributed by atoms with E-state index in [0.29, 0.717) is 19.4 Å². The molecule has 0 aromatic rings. The smallest absolute Gasteiger partial charge is 0.220 e. The van der Waals surface area contributed by atoms with Crippen LogP contribution in [0, 0.1) is 12.3 Å². The number of amides is 1. The van der Waals surface area contributed by atoms with Gasteiger partial charge in [0.05, 0.1) is 0 Å². The summed E-state index contributed by atoms with van der Waals surface area (Å²) in [6, 6.07) is 0.136. The zero-order valence-electron chi connectivity index (χ0n) is 9.59. The number of terminal acetylenes is 1. The average molecular weight is 210 g/mol. The van der Waals surface area contributed by atoms with Crippen LogP contribution in [0.15, 0.2) is 0 Å². The lowest BCUT2D eigenvalue weighted by Crippen LogP contribution is -2.33. The van der Waals surface area contributed by atoms with Crippen LogP contribution in [0.3, 0.4) is 0 Å². The molecule has 0 saturated carbocycles. The lowest BCUT2D eigenvalue weighted by molar-refractivity contribution is -0.121. The molecule has 1 atom stereocenters. The highest BCUT2D eigenvalue weighted by Crippen LogP contribution is 2.01. The highest BCUT2D eigenvalue weighted by molar-refractivity contribution is 5.76. The first-order valence-corrected chi connectivity index (χ1v) is 5.67. The molecular formula is C12H22N2O. The molecule has 15 heavy (non-hydrogen) atoms. The third-order valence-electron chi connectivity index (χ3n) is 2.33. The third kappa shape index (κ3) is 8.02. The molecule has 0 aliphatic rings. The Morgan fingerprint density at radius 1 is 1.47 bits per heavy atom. The molecule has 3 N–H and O–H groups in total. The zero-order valence-corrected chi connectivity index (χ0v) is 9.59. The number of rotatable bonds is 8. The predicted octanol–water partition coefficient (Wildman–Crippen LogP) is 1.42. The summed E-state index contributed by atoms with van der Waals surface area (Å²) >= 11 is 0.